The molecule has 0 aromatic carbocycles. The summed E-state index contributed by atoms with van der Waals surface area (Å²) in [6, 6.07) is 0. The Morgan fingerprint density at radius 1 is 1.00 bits per heavy atom. The zero-order valence-corrected chi connectivity index (χ0v) is 8.14. The van der Waals surface area contributed by atoms with E-state index in [-0.39, 0.29) is 0 Å². The van der Waals surface area contributed by atoms with Gasteiger partial charge in [-0.2, -0.15) is 37.9 Å². The zero-order valence-electron chi connectivity index (χ0n) is 5.45. The molecule has 0 N–H and O–H groups in total. The van der Waals surface area contributed by atoms with Gasteiger partial charge in [-0.05, 0) is 36.0 Å². The van der Waals surface area contributed by atoms with Crippen molar-refractivity contribution in [1.29, 1.82) is 0 Å². The molecule has 0 aromatic rings. The average molecular weight is 182 g/mol. The van der Waals surface area contributed by atoms with Crippen molar-refractivity contribution in [2.75, 3.05) is 17.3 Å². The minimum atomic E-state index is 0.684. The fourth-order valence-electron chi connectivity index (χ4n) is 0.620. The standard InChI is InChI=1S/C6H14S3/c7-3-1-2-6(4-8)5-9/h6-9H,1-5H2. The van der Waals surface area contributed by atoms with Crippen molar-refractivity contribution in [2.24, 2.45) is 5.92 Å². The van der Waals surface area contributed by atoms with Gasteiger partial charge in [-0.15, -0.1) is 0 Å². The third-order valence-electron chi connectivity index (χ3n) is 1.29. The maximum Gasteiger partial charge on any atom is -0.00617 e. The van der Waals surface area contributed by atoms with Gasteiger partial charge in [0.25, 0.3) is 0 Å². The Balaban J connectivity index is 3.09. The summed E-state index contributed by atoms with van der Waals surface area (Å²) in [6.07, 6.45) is 2.41. The fraction of sp³-hybridized carbons (Fsp3) is 1.00. The van der Waals surface area contributed by atoms with Crippen LogP contribution in [0.2, 0.25) is 0 Å². The summed E-state index contributed by atoms with van der Waals surface area (Å²) < 4.78 is 0. The summed E-state index contributed by atoms with van der Waals surface area (Å²) in [5.74, 6) is 3.58. The Kier molecular flexibility index (Phi) is 8.00. The van der Waals surface area contributed by atoms with Crippen LogP contribution in [0.25, 0.3) is 0 Å². The van der Waals surface area contributed by atoms with Gasteiger partial charge in [-0.3, -0.25) is 0 Å². The number of hydrogen-bond acceptors (Lipinski definition) is 3. The summed E-state index contributed by atoms with van der Waals surface area (Å²) >= 11 is 12.5. The van der Waals surface area contributed by atoms with Crippen LogP contribution in [0.4, 0.5) is 0 Å². The highest BCUT2D eigenvalue weighted by molar-refractivity contribution is 7.81. The van der Waals surface area contributed by atoms with Crippen molar-refractivity contribution in [2.45, 2.75) is 12.8 Å². The molecule has 0 nitrogen and oxygen atoms in total. The van der Waals surface area contributed by atoms with Crippen LogP contribution in [0.5, 0.6) is 0 Å². The van der Waals surface area contributed by atoms with E-state index in [1.807, 2.05) is 0 Å². The minimum Gasteiger partial charge on any atom is -0.179 e. The van der Waals surface area contributed by atoms with E-state index in [0.29, 0.717) is 5.92 Å². The Labute approximate surface area is 74.0 Å². The lowest BCUT2D eigenvalue weighted by molar-refractivity contribution is 0.601. The molecule has 0 saturated carbocycles. The molecule has 0 rings (SSSR count). The highest BCUT2D eigenvalue weighted by Gasteiger charge is 2.01. The first-order valence-corrected chi connectivity index (χ1v) is 5.07. The molecular weight excluding hydrogens is 168 g/mol. The summed E-state index contributed by atoms with van der Waals surface area (Å²) in [4.78, 5) is 0. The van der Waals surface area contributed by atoms with Gasteiger partial charge in [0.05, 0.1) is 0 Å². The van der Waals surface area contributed by atoms with Gasteiger partial charge < -0.3 is 0 Å². The molecular formula is C6H14S3. The van der Waals surface area contributed by atoms with Crippen molar-refractivity contribution >= 4 is 37.9 Å². The quantitative estimate of drug-likeness (QED) is 0.533. The number of hydrogen-bond donors (Lipinski definition) is 3. The van der Waals surface area contributed by atoms with E-state index >= 15 is 0 Å². The summed E-state index contributed by atoms with van der Waals surface area (Å²) in [7, 11) is 0. The fourth-order valence-corrected chi connectivity index (χ4v) is 1.63. The van der Waals surface area contributed by atoms with Crippen LogP contribution in [-0.4, -0.2) is 17.3 Å². The molecule has 0 aliphatic rings. The Bertz CT molecular complexity index is 52.3. The van der Waals surface area contributed by atoms with Gasteiger partial charge in [0, 0.05) is 0 Å². The zero-order chi connectivity index (χ0) is 7.11. The second-order valence-corrected chi connectivity index (χ2v) is 3.27. The van der Waals surface area contributed by atoms with Crippen molar-refractivity contribution in [3.8, 4) is 0 Å². The highest BCUT2D eigenvalue weighted by atomic mass is 32.1. The van der Waals surface area contributed by atoms with Crippen LogP contribution in [0.3, 0.4) is 0 Å². The van der Waals surface area contributed by atoms with E-state index in [0.717, 1.165) is 17.3 Å². The molecule has 9 heavy (non-hydrogen) atoms. The first kappa shape index (κ1) is 10.0. The lowest BCUT2D eigenvalue weighted by Gasteiger charge is -2.08. The molecule has 0 bridgehead atoms. The van der Waals surface area contributed by atoms with Gasteiger partial charge >= 0.3 is 0 Å². The van der Waals surface area contributed by atoms with Crippen molar-refractivity contribution in [3.05, 3.63) is 0 Å². The Morgan fingerprint density at radius 2 is 1.56 bits per heavy atom. The Morgan fingerprint density at radius 3 is 1.89 bits per heavy atom. The second-order valence-electron chi connectivity index (χ2n) is 2.10. The molecule has 0 atom stereocenters. The van der Waals surface area contributed by atoms with E-state index in [9.17, 15) is 0 Å². The first-order chi connectivity index (χ1) is 4.35. The third kappa shape index (κ3) is 5.49. The summed E-state index contributed by atoms with van der Waals surface area (Å²) in [5.41, 5.74) is 0. The number of rotatable bonds is 5. The van der Waals surface area contributed by atoms with Gasteiger partial charge in [0.2, 0.25) is 0 Å². The van der Waals surface area contributed by atoms with E-state index in [4.69, 9.17) is 0 Å². The number of thiol groups is 3. The predicted molar refractivity (Wildman–Crippen MR) is 54.3 cm³/mol. The van der Waals surface area contributed by atoms with Gasteiger partial charge in [-0.25, -0.2) is 0 Å². The lowest BCUT2D eigenvalue weighted by atomic mass is 10.1. The van der Waals surface area contributed by atoms with Gasteiger partial charge in [-0.1, -0.05) is 0 Å². The van der Waals surface area contributed by atoms with E-state index in [2.05, 4.69) is 37.9 Å². The molecule has 0 aliphatic heterocycles. The summed E-state index contributed by atoms with van der Waals surface area (Å²) in [5, 5.41) is 0. The van der Waals surface area contributed by atoms with Crippen LogP contribution < -0.4 is 0 Å². The van der Waals surface area contributed by atoms with E-state index in [1.165, 1.54) is 12.8 Å². The minimum absolute atomic E-state index is 0.684. The van der Waals surface area contributed by atoms with Crippen molar-refractivity contribution in [3.63, 3.8) is 0 Å². The van der Waals surface area contributed by atoms with Gasteiger partial charge in [0.15, 0.2) is 0 Å². The Hall–Kier alpha value is 1.05. The third-order valence-corrected chi connectivity index (χ3v) is 2.64. The summed E-state index contributed by atoms with van der Waals surface area (Å²) in [6.45, 7) is 0. The normalized spacial score (nSPS) is 10.7. The smallest absolute Gasteiger partial charge is 0.00617 e. The first-order valence-electron chi connectivity index (χ1n) is 3.17. The molecule has 3 heteroatoms. The van der Waals surface area contributed by atoms with Crippen LogP contribution in [-0.2, 0) is 0 Å². The molecule has 0 fully saturated rings. The van der Waals surface area contributed by atoms with Crippen LogP contribution in [0.15, 0.2) is 0 Å². The van der Waals surface area contributed by atoms with E-state index in [1.54, 1.807) is 0 Å². The maximum absolute atomic E-state index is 4.19. The average Bonchev–Trinajstić information content (AvgIpc) is 1.91. The molecule has 0 amide bonds. The molecule has 0 radical (unpaired) electrons. The molecule has 0 unspecified atom stereocenters. The maximum atomic E-state index is 4.19. The SMILES string of the molecule is SCCCC(CS)CS. The molecule has 0 aliphatic carbocycles. The molecule has 0 aromatic heterocycles. The van der Waals surface area contributed by atoms with Crippen LogP contribution in [0, 0.1) is 5.92 Å². The largest absolute Gasteiger partial charge is 0.179 e. The molecule has 0 spiro atoms. The predicted octanol–water partition coefficient (Wildman–Crippen LogP) is 2.17. The highest BCUT2D eigenvalue weighted by Crippen LogP contribution is 2.10. The molecule has 56 valence electrons. The van der Waals surface area contributed by atoms with Crippen LogP contribution >= 0.6 is 37.9 Å². The second kappa shape index (κ2) is 7.16. The topological polar surface area (TPSA) is 0 Å². The van der Waals surface area contributed by atoms with Crippen LogP contribution in [0.1, 0.15) is 12.8 Å². The van der Waals surface area contributed by atoms with Crippen molar-refractivity contribution < 1.29 is 0 Å². The molecule has 0 heterocycles. The molecule has 0 saturated heterocycles. The van der Waals surface area contributed by atoms with Crippen molar-refractivity contribution in [1.82, 2.24) is 0 Å². The van der Waals surface area contributed by atoms with Gasteiger partial charge in [0.1, 0.15) is 0 Å². The monoisotopic (exact) mass is 182 g/mol. The lowest BCUT2D eigenvalue weighted by Crippen LogP contribution is -2.03. The van der Waals surface area contributed by atoms with E-state index < -0.39 is 0 Å².